The van der Waals surface area contributed by atoms with Gasteiger partial charge in [-0.25, -0.2) is 0 Å². The van der Waals surface area contributed by atoms with Gasteiger partial charge in [-0.2, -0.15) is 11.3 Å². The second kappa shape index (κ2) is 7.42. The molecule has 0 radical (unpaired) electrons. The maximum Gasteiger partial charge on any atom is 0.255 e. The average molecular weight is 337 g/mol. The Morgan fingerprint density at radius 3 is 2.73 bits per heavy atom. The van der Waals surface area contributed by atoms with Crippen molar-refractivity contribution in [1.29, 1.82) is 0 Å². The molecule has 6 heteroatoms. The van der Waals surface area contributed by atoms with Crippen molar-refractivity contribution in [3.05, 3.63) is 51.2 Å². The molecule has 116 valence electrons. The van der Waals surface area contributed by atoms with Crippen LogP contribution < -0.4 is 5.32 Å². The van der Waals surface area contributed by atoms with E-state index in [0.717, 1.165) is 5.56 Å². The highest BCUT2D eigenvalue weighted by Crippen LogP contribution is 2.20. The van der Waals surface area contributed by atoms with Crippen molar-refractivity contribution < 1.29 is 9.59 Å². The molecule has 0 aliphatic carbocycles. The van der Waals surface area contributed by atoms with Gasteiger partial charge in [-0.1, -0.05) is 17.7 Å². The summed E-state index contributed by atoms with van der Waals surface area (Å²) in [5.41, 5.74) is 2.19. The van der Waals surface area contributed by atoms with Crippen molar-refractivity contribution in [2.75, 3.05) is 18.4 Å². The van der Waals surface area contributed by atoms with E-state index in [4.69, 9.17) is 11.6 Å². The first-order chi connectivity index (χ1) is 10.5. The van der Waals surface area contributed by atoms with Crippen LogP contribution in [0.25, 0.3) is 0 Å². The number of aryl methyl sites for hydroxylation is 1. The molecule has 1 N–H and O–H groups in total. The van der Waals surface area contributed by atoms with Crippen LogP contribution in [0.3, 0.4) is 0 Å². The molecule has 2 amide bonds. The maximum atomic E-state index is 12.3. The molecule has 2 rings (SSSR count). The molecule has 1 aromatic heterocycles. The van der Waals surface area contributed by atoms with Crippen LogP contribution in [0.1, 0.15) is 22.8 Å². The number of carbonyl (C=O) groups excluding carboxylic acids is 2. The first-order valence-corrected chi connectivity index (χ1v) is 8.20. The Balaban J connectivity index is 2.03. The fourth-order valence-electron chi connectivity index (χ4n) is 1.99. The number of nitrogens with one attached hydrogen (secondary N) is 1. The molecule has 22 heavy (non-hydrogen) atoms. The molecule has 0 bridgehead atoms. The van der Waals surface area contributed by atoms with E-state index < -0.39 is 0 Å². The molecule has 1 aromatic carbocycles. The molecule has 1 heterocycles. The van der Waals surface area contributed by atoms with Gasteiger partial charge in [0.25, 0.3) is 5.91 Å². The summed E-state index contributed by atoms with van der Waals surface area (Å²) in [6.45, 7) is 4.22. The Labute approximate surface area is 138 Å². The van der Waals surface area contributed by atoms with E-state index in [1.54, 1.807) is 23.6 Å². The van der Waals surface area contributed by atoms with Crippen LogP contribution in [0.5, 0.6) is 0 Å². The topological polar surface area (TPSA) is 49.4 Å². The molecule has 2 aromatic rings. The third-order valence-corrected chi connectivity index (χ3v) is 4.16. The van der Waals surface area contributed by atoms with Gasteiger partial charge in [0.2, 0.25) is 5.91 Å². The van der Waals surface area contributed by atoms with Gasteiger partial charge in [0.15, 0.2) is 0 Å². The quantitative estimate of drug-likeness (QED) is 0.902. The van der Waals surface area contributed by atoms with Crippen LogP contribution in [0.15, 0.2) is 35.0 Å². The van der Waals surface area contributed by atoms with Gasteiger partial charge in [-0.3, -0.25) is 9.59 Å². The average Bonchev–Trinajstić information content (AvgIpc) is 3.02. The van der Waals surface area contributed by atoms with Gasteiger partial charge in [-0.05, 0) is 43.0 Å². The Hall–Kier alpha value is -1.85. The number of hydrogen-bond acceptors (Lipinski definition) is 3. The first kappa shape index (κ1) is 16.5. The van der Waals surface area contributed by atoms with Crippen LogP contribution in [-0.4, -0.2) is 29.8 Å². The van der Waals surface area contributed by atoms with Gasteiger partial charge in [0.05, 0.1) is 5.56 Å². The fourth-order valence-corrected chi connectivity index (χ4v) is 2.79. The molecule has 0 aliphatic rings. The molecule has 0 atom stereocenters. The molecular formula is C16H17ClN2O2S. The highest BCUT2D eigenvalue weighted by Gasteiger charge is 2.18. The van der Waals surface area contributed by atoms with Crippen LogP contribution in [0.2, 0.25) is 5.02 Å². The monoisotopic (exact) mass is 336 g/mol. The summed E-state index contributed by atoms with van der Waals surface area (Å²) < 4.78 is 0. The standard InChI is InChI=1S/C16H17ClN2O2S/c1-3-19(16(21)12-6-7-22-10-12)9-15(20)18-14-8-13(17)5-4-11(14)2/h4-8,10H,3,9H2,1-2H3,(H,18,20). The number of rotatable bonds is 5. The molecular weight excluding hydrogens is 320 g/mol. The highest BCUT2D eigenvalue weighted by molar-refractivity contribution is 7.08. The first-order valence-electron chi connectivity index (χ1n) is 6.88. The van der Waals surface area contributed by atoms with Crippen LogP contribution in [0.4, 0.5) is 5.69 Å². The summed E-state index contributed by atoms with van der Waals surface area (Å²) in [6, 6.07) is 7.07. The van der Waals surface area contributed by atoms with Crippen LogP contribution in [0, 0.1) is 6.92 Å². The van der Waals surface area contributed by atoms with Crippen molar-refractivity contribution in [2.45, 2.75) is 13.8 Å². The lowest BCUT2D eigenvalue weighted by Crippen LogP contribution is -2.37. The number of anilines is 1. The largest absolute Gasteiger partial charge is 0.330 e. The summed E-state index contributed by atoms with van der Waals surface area (Å²) in [6.07, 6.45) is 0. The number of amides is 2. The van der Waals surface area contributed by atoms with E-state index >= 15 is 0 Å². The summed E-state index contributed by atoms with van der Waals surface area (Å²) in [4.78, 5) is 26.0. The number of nitrogens with zero attached hydrogens (tertiary/aromatic N) is 1. The predicted molar refractivity (Wildman–Crippen MR) is 90.7 cm³/mol. The van der Waals surface area contributed by atoms with Gasteiger partial charge < -0.3 is 10.2 Å². The molecule has 0 saturated heterocycles. The molecule has 0 unspecified atom stereocenters. The Bertz CT molecular complexity index is 671. The number of thiophene rings is 1. The lowest BCUT2D eigenvalue weighted by Gasteiger charge is -2.20. The van der Waals surface area contributed by atoms with Crippen molar-refractivity contribution in [2.24, 2.45) is 0 Å². The Morgan fingerprint density at radius 1 is 1.32 bits per heavy atom. The summed E-state index contributed by atoms with van der Waals surface area (Å²) in [7, 11) is 0. The lowest BCUT2D eigenvalue weighted by atomic mass is 10.2. The van der Waals surface area contributed by atoms with E-state index in [1.807, 2.05) is 25.3 Å². The zero-order valence-corrected chi connectivity index (χ0v) is 14.0. The number of halogens is 1. The van der Waals surface area contributed by atoms with E-state index in [1.165, 1.54) is 16.2 Å². The van der Waals surface area contributed by atoms with E-state index in [2.05, 4.69) is 5.32 Å². The minimum Gasteiger partial charge on any atom is -0.330 e. The zero-order valence-electron chi connectivity index (χ0n) is 12.4. The summed E-state index contributed by atoms with van der Waals surface area (Å²) in [5.74, 6) is -0.377. The summed E-state index contributed by atoms with van der Waals surface area (Å²) in [5, 5.41) is 6.98. The minimum absolute atomic E-state index is 0.0110. The smallest absolute Gasteiger partial charge is 0.255 e. The maximum absolute atomic E-state index is 12.3. The highest BCUT2D eigenvalue weighted by atomic mass is 35.5. The second-order valence-electron chi connectivity index (χ2n) is 4.84. The van der Waals surface area contributed by atoms with Gasteiger partial charge in [0.1, 0.15) is 6.54 Å². The zero-order chi connectivity index (χ0) is 16.1. The van der Waals surface area contributed by atoms with Gasteiger partial charge >= 0.3 is 0 Å². The van der Waals surface area contributed by atoms with Gasteiger partial charge in [0, 0.05) is 22.6 Å². The number of hydrogen-bond donors (Lipinski definition) is 1. The fraction of sp³-hybridized carbons (Fsp3) is 0.250. The normalized spacial score (nSPS) is 10.3. The second-order valence-corrected chi connectivity index (χ2v) is 6.06. The van der Waals surface area contributed by atoms with E-state index in [0.29, 0.717) is 22.8 Å². The van der Waals surface area contributed by atoms with E-state index in [9.17, 15) is 9.59 Å². The minimum atomic E-state index is -0.240. The summed E-state index contributed by atoms with van der Waals surface area (Å²) >= 11 is 7.39. The third kappa shape index (κ3) is 4.08. The van der Waals surface area contributed by atoms with E-state index in [-0.39, 0.29) is 18.4 Å². The van der Waals surface area contributed by atoms with Crippen molar-refractivity contribution in [3.8, 4) is 0 Å². The molecule has 0 spiro atoms. The Morgan fingerprint density at radius 2 is 2.09 bits per heavy atom. The molecule has 0 fully saturated rings. The number of likely N-dealkylation sites (N-methyl/N-ethyl adjacent to an activating group) is 1. The number of carbonyl (C=O) groups is 2. The van der Waals surface area contributed by atoms with Crippen molar-refractivity contribution in [3.63, 3.8) is 0 Å². The molecule has 0 aliphatic heterocycles. The van der Waals surface area contributed by atoms with Crippen molar-refractivity contribution >= 4 is 40.4 Å². The molecule has 4 nitrogen and oxygen atoms in total. The molecule has 0 saturated carbocycles. The van der Waals surface area contributed by atoms with Crippen molar-refractivity contribution in [1.82, 2.24) is 4.90 Å². The van der Waals surface area contributed by atoms with Gasteiger partial charge in [-0.15, -0.1) is 0 Å². The Kier molecular flexibility index (Phi) is 5.57. The third-order valence-electron chi connectivity index (χ3n) is 3.25. The SMILES string of the molecule is CCN(CC(=O)Nc1cc(Cl)ccc1C)C(=O)c1ccsc1. The lowest BCUT2D eigenvalue weighted by molar-refractivity contribution is -0.116. The predicted octanol–water partition coefficient (Wildman–Crippen LogP) is 3.81. The number of benzene rings is 1. The van der Waals surface area contributed by atoms with Crippen LogP contribution in [-0.2, 0) is 4.79 Å². The van der Waals surface area contributed by atoms with Crippen LogP contribution >= 0.6 is 22.9 Å².